The largest absolute Gasteiger partial charge is 0.310 e. The Morgan fingerprint density at radius 3 is 1.71 bits per heavy atom. The van der Waals surface area contributed by atoms with Crippen LogP contribution in [0.2, 0.25) is 0 Å². The summed E-state index contributed by atoms with van der Waals surface area (Å²) in [5.74, 6) is 0. The Balaban J connectivity index is 1.17. The molecule has 0 atom stereocenters. The number of nitrogens with zero attached hydrogens (tertiary/aromatic N) is 3. The molecular formula is C45H31N3. The van der Waals surface area contributed by atoms with Crippen LogP contribution in [0.1, 0.15) is 22.3 Å². The van der Waals surface area contributed by atoms with Gasteiger partial charge < -0.3 is 4.90 Å². The number of rotatable bonds is 6. The molecule has 0 saturated heterocycles. The van der Waals surface area contributed by atoms with Crippen molar-refractivity contribution >= 4 is 84.7 Å². The predicted octanol–water partition coefficient (Wildman–Crippen LogP) is 12.5. The zero-order chi connectivity index (χ0) is 32.6. The van der Waals surface area contributed by atoms with Gasteiger partial charge in [0.25, 0.3) is 0 Å². The monoisotopic (exact) mass is 613 g/mol. The molecule has 0 spiro atoms. The van der Waals surface area contributed by atoms with Crippen LogP contribution in [-0.2, 0) is 0 Å². The Kier molecular flexibility index (Phi) is 7.25. The minimum atomic E-state index is 0.567. The van der Waals surface area contributed by atoms with E-state index in [0.29, 0.717) is 11.3 Å². The van der Waals surface area contributed by atoms with E-state index in [2.05, 4.69) is 175 Å². The van der Waals surface area contributed by atoms with Crippen molar-refractivity contribution in [2.24, 2.45) is 4.99 Å². The first-order valence-corrected chi connectivity index (χ1v) is 16.0. The van der Waals surface area contributed by atoms with Crippen LogP contribution in [0, 0.1) is 18.3 Å². The van der Waals surface area contributed by atoms with E-state index in [1.807, 2.05) is 12.1 Å². The van der Waals surface area contributed by atoms with E-state index in [0.717, 1.165) is 55.3 Å². The van der Waals surface area contributed by atoms with E-state index < -0.39 is 0 Å². The second kappa shape index (κ2) is 12.0. The van der Waals surface area contributed by atoms with Crippen LogP contribution in [0.3, 0.4) is 0 Å². The molecule has 8 rings (SSSR count). The Bertz CT molecular complexity index is 2530. The van der Waals surface area contributed by atoms with Crippen LogP contribution in [-0.4, -0.2) is 6.72 Å². The van der Waals surface area contributed by atoms with Crippen LogP contribution >= 0.6 is 0 Å². The highest BCUT2D eigenvalue weighted by Gasteiger charge is 2.15. The molecule has 0 fully saturated rings. The van der Waals surface area contributed by atoms with E-state index in [9.17, 15) is 5.26 Å². The van der Waals surface area contributed by atoms with Gasteiger partial charge in [-0.05, 0) is 99.6 Å². The average molecular weight is 614 g/mol. The molecule has 8 aromatic rings. The van der Waals surface area contributed by atoms with Crippen molar-refractivity contribution in [3.05, 3.63) is 168 Å². The minimum absolute atomic E-state index is 0.567. The van der Waals surface area contributed by atoms with Gasteiger partial charge in [-0.2, -0.15) is 5.26 Å². The number of aryl methyl sites for hydroxylation is 1. The maximum absolute atomic E-state index is 9.96. The number of benzene rings is 8. The third-order valence-corrected chi connectivity index (χ3v) is 9.14. The molecule has 0 N–H and O–H groups in total. The molecule has 0 aliphatic heterocycles. The zero-order valence-electron chi connectivity index (χ0n) is 26.6. The molecule has 226 valence electrons. The van der Waals surface area contributed by atoms with Crippen LogP contribution in [0.4, 0.5) is 22.7 Å². The molecule has 3 nitrogen and oxygen atoms in total. The van der Waals surface area contributed by atoms with Crippen LogP contribution < -0.4 is 4.90 Å². The number of fused-ring (bicyclic) bond motifs is 5. The minimum Gasteiger partial charge on any atom is -0.310 e. The summed E-state index contributed by atoms with van der Waals surface area (Å²) in [4.78, 5) is 6.59. The van der Waals surface area contributed by atoms with Gasteiger partial charge in [0.1, 0.15) is 6.07 Å². The second-order valence-electron chi connectivity index (χ2n) is 12.2. The lowest BCUT2D eigenvalue weighted by Crippen LogP contribution is -2.09. The van der Waals surface area contributed by atoms with E-state index >= 15 is 0 Å². The molecule has 0 bridgehead atoms. The van der Waals surface area contributed by atoms with Crippen LogP contribution in [0.15, 0.2) is 151 Å². The summed E-state index contributed by atoms with van der Waals surface area (Å²) >= 11 is 0. The summed E-state index contributed by atoms with van der Waals surface area (Å²) in [6, 6.07) is 53.8. The number of aliphatic imine (C=N–C) groups is 1. The molecular weight excluding hydrogens is 583 g/mol. The fourth-order valence-corrected chi connectivity index (χ4v) is 6.74. The summed E-state index contributed by atoms with van der Waals surface area (Å²) in [5.41, 5.74) is 7.83. The van der Waals surface area contributed by atoms with Crippen LogP contribution in [0.5, 0.6) is 0 Å². The molecule has 0 aliphatic rings. The van der Waals surface area contributed by atoms with Gasteiger partial charge in [0.2, 0.25) is 0 Å². The number of hydrogen-bond acceptors (Lipinski definition) is 3. The lowest BCUT2D eigenvalue weighted by Gasteiger charge is -2.26. The highest BCUT2D eigenvalue weighted by atomic mass is 15.1. The van der Waals surface area contributed by atoms with E-state index in [1.165, 1.54) is 21.5 Å². The van der Waals surface area contributed by atoms with Gasteiger partial charge in [0.05, 0.1) is 11.3 Å². The molecule has 8 aromatic carbocycles. The topological polar surface area (TPSA) is 39.4 Å². The van der Waals surface area contributed by atoms with Gasteiger partial charge >= 0.3 is 0 Å². The highest BCUT2D eigenvalue weighted by molar-refractivity contribution is 6.16. The first kappa shape index (κ1) is 28.9. The van der Waals surface area contributed by atoms with Crippen molar-refractivity contribution in [2.75, 3.05) is 4.90 Å². The van der Waals surface area contributed by atoms with Gasteiger partial charge in [-0.15, -0.1) is 0 Å². The smallest absolute Gasteiger partial charge is 0.102 e. The Hall–Kier alpha value is -6.50. The SMILES string of the molecule is C=Nc1c(C#N)c2ccc(C)cc2c2cc(C=Cc3ccc(N(c4ccc5ccccc5c4)c4ccc5ccccc5c4)cc3)ccc12. The van der Waals surface area contributed by atoms with Gasteiger partial charge in [-0.25, -0.2) is 0 Å². The molecule has 48 heavy (non-hydrogen) atoms. The first-order chi connectivity index (χ1) is 23.6. The van der Waals surface area contributed by atoms with E-state index in [-0.39, 0.29) is 0 Å². The fourth-order valence-electron chi connectivity index (χ4n) is 6.74. The van der Waals surface area contributed by atoms with Crippen molar-refractivity contribution in [1.82, 2.24) is 0 Å². The number of nitriles is 1. The fraction of sp³-hybridized carbons (Fsp3) is 0.0222. The number of hydrogen-bond donors (Lipinski definition) is 0. The van der Waals surface area contributed by atoms with Crippen molar-refractivity contribution in [2.45, 2.75) is 6.92 Å². The van der Waals surface area contributed by atoms with Crippen molar-refractivity contribution in [3.8, 4) is 6.07 Å². The Morgan fingerprint density at radius 2 is 1.08 bits per heavy atom. The van der Waals surface area contributed by atoms with E-state index in [1.54, 1.807) is 0 Å². The molecule has 0 radical (unpaired) electrons. The molecule has 0 amide bonds. The Morgan fingerprint density at radius 1 is 0.542 bits per heavy atom. The summed E-state index contributed by atoms with van der Waals surface area (Å²) in [6.45, 7) is 5.85. The summed E-state index contributed by atoms with van der Waals surface area (Å²) < 4.78 is 0. The molecule has 3 heteroatoms. The van der Waals surface area contributed by atoms with Gasteiger partial charge in [-0.3, -0.25) is 4.99 Å². The molecule has 0 aliphatic carbocycles. The van der Waals surface area contributed by atoms with Gasteiger partial charge in [0, 0.05) is 27.8 Å². The van der Waals surface area contributed by atoms with Crippen molar-refractivity contribution < 1.29 is 0 Å². The molecule has 0 heterocycles. The summed E-state index contributed by atoms with van der Waals surface area (Å²) in [6.07, 6.45) is 4.28. The third kappa shape index (κ3) is 5.16. The lowest BCUT2D eigenvalue weighted by atomic mass is 9.93. The third-order valence-electron chi connectivity index (χ3n) is 9.14. The maximum Gasteiger partial charge on any atom is 0.102 e. The molecule has 0 unspecified atom stereocenters. The molecule has 0 saturated carbocycles. The number of anilines is 3. The van der Waals surface area contributed by atoms with Crippen LogP contribution in [0.25, 0.3) is 55.2 Å². The maximum atomic E-state index is 9.96. The van der Waals surface area contributed by atoms with Crippen molar-refractivity contribution in [3.63, 3.8) is 0 Å². The lowest BCUT2D eigenvalue weighted by molar-refractivity contribution is 1.29. The normalized spacial score (nSPS) is 11.4. The van der Waals surface area contributed by atoms with Gasteiger partial charge in [0.15, 0.2) is 0 Å². The molecule has 0 aromatic heterocycles. The predicted molar refractivity (Wildman–Crippen MR) is 205 cm³/mol. The van der Waals surface area contributed by atoms with Gasteiger partial charge in [-0.1, -0.05) is 121 Å². The standard InChI is InChI=1S/C45H31N3/c1-30-11-23-40-42(25-30)43-26-32(16-24-41(43)45(47-2)44(40)29-46)13-12-31-14-19-37(20-15-31)48(38-21-17-33-7-3-5-9-35(33)27-38)39-22-18-34-8-4-6-10-36(34)28-39/h3-28H,2H2,1H3. The van der Waals surface area contributed by atoms with Crippen molar-refractivity contribution in [1.29, 1.82) is 5.26 Å². The second-order valence-corrected chi connectivity index (χ2v) is 12.2. The zero-order valence-corrected chi connectivity index (χ0v) is 26.6. The van der Waals surface area contributed by atoms with E-state index in [4.69, 9.17) is 0 Å². The average Bonchev–Trinajstić information content (AvgIpc) is 3.14. The Labute approximate surface area is 280 Å². The summed E-state index contributed by atoms with van der Waals surface area (Å²) in [5, 5.41) is 18.8. The quantitative estimate of drug-likeness (QED) is 0.106. The highest BCUT2D eigenvalue weighted by Crippen LogP contribution is 2.40. The first-order valence-electron chi connectivity index (χ1n) is 16.0. The summed E-state index contributed by atoms with van der Waals surface area (Å²) in [7, 11) is 0.